The summed E-state index contributed by atoms with van der Waals surface area (Å²) in [4.78, 5) is 6.54. The summed E-state index contributed by atoms with van der Waals surface area (Å²) in [6.07, 6.45) is 3.04. The second-order valence-electron chi connectivity index (χ2n) is 5.50. The fraction of sp³-hybridized carbons (Fsp3) is 0.316. The number of benzene rings is 2. The van der Waals surface area contributed by atoms with E-state index in [2.05, 4.69) is 68.4 Å². The van der Waals surface area contributed by atoms with Gasteiger partial charge in [0.15, 0.2) is 0 Å². The quantitative estimate of drug-likeness (QED) is 0.730. The van der Waals surface area contributed by atoms with Crippen LogP contribution in [0.1, 0.15) is 37.8 Å². The fourth-order valence-electron chi connectivity index (χ4n) is 3.02. The summed E-state index contributed by atoms with van der Waals surface area (Å²) in [6.45, 7) is 4.50. The number of fused-ring (bicyclic) bond motifs is 1. The molecule has 1 aliphatic heterocycles. The van der Waals surface area contributed by atoms with Gasteiger partial charge in [-0.3, -0.25) is 4.99 Å². The zero-order valence-corrected chi connectivity index (χ0v) is 13.5. The van der Waals surface area contributed by atoms with Gasteiger partial charge in [0.05, 0.1) is 10.6 Å². The second-order valence-corrected chi connectivity index (χ2v) is 6.62. The number of aliphatic imine (C=N–C) groups is 1. The first-order valence-corrected chi connectivity index (χ1v) is 8.49. The molecule has 1 aliphatic rings. The molecule has 0 N–H and O–H groups in total. The molecule has 0 unspecified atom stereocenters. The molecule has 0 atom stereocenters. The van der Waals surface area contributed by atoms with Gasteiger partial charge >= 0.3 is 0 Å². The van der Waals surface area contributed by atoms with E-state index in [4.69, 9.17) is 4.99 Å². The van der Waals surface area contributed by atoms with Gasteiger partial charge in [0.2, 0.25) is 0 Å². The van der Waals surface area contributed by atoms with E-state index < -0.39 is 0 Å². The smallest absolute Gasteiger partial charge is 0.0871 e. The van der Waals surface area contributed by atoms with Crippen molar-refractivity contribution in [3.63, 3.8) is 0 Å². The van der Waals surface area contributed by atoms with Crippen molar-refractivity contribution in [3.05, 3.63) is 65.7 Å². The summed E-state index contributed by atoms with van der Waals surface area (Å²) in [5, 5.41) is 1.24. The van der Waals surface area contributed by atoms with Gasteiger partial charge < -0.3 is 0 Å². The molecule has 0 amide bonds. The maximum atomic E-state index is 5.17. The van der Waals surface area contributed by atoms with E-state index in [1.165, 1.54) is 21.1 Å². The van der Waals surface area contributed by atoms with E-state index >= 15 is 0 Å². The van der Waals surface area contributed by atoms with Crippen molar-refractivity contribution in [2.24, 2.45) is 4.99 Å². The highest BCUT2D eigenvalue weighted by molar-refractivity contribution is 8.14. The largest absolute Gasteiger partial charge is 0.271 e. The van der Waals surface area contributed by atoms with Gasteiger partial charge in [-0.05, 0) is 30.0 Å². The Morgan fingerprint density at radius 2 is 1.57 bits per heavy atom. The highest BCUT2D eigenvalue weighted by Crippen LogP contribution is 2.44. The van der Waals surface area contributed by atoms with Crippen molar-refractivity contribution in [1.82, 2.24) is 0 Å². The molecule has 2 aromatic carbocycles. The Morgan fingerprint density at radius 1 is 0.905 bits per heavy atom. The van der Waals surface area contributed by atoms with Crippen LogP contribution in [0.5, 0.6) is 0 Å². The predicted octanol–water partition coefficient (Wildman–Crippen LogP) is 5.45. The van der Waals surface area contributed by atoms with E-state index in [9.17, 15) is 0 Å². The van der Waals surface area contributed by atoms with Crippen molar-refractivity contribution < 1.29 is 0 Å². The molecule has 0 bridgehead atoms. The minimum Gasteiger partial charge on any atom is -0.271 e. The highest BCUT2D eigenvalue weighted by Gasteiger charge is 2.34. The first kappa shape index (κ1) is 14.4. The molecule has 2 heteroatoms. The molecule has 21 heavy (non-hydrogen) atoms. The predicted molar refractivity (Wildman–Crippen MR) is 92.1 cm³/mol. The Hall–Kier alpha value is -1.54. The fourth-order valence-corrected chi connectivity index (χ4v) is 4.25. The van der Waals surface area contributed by atoms with E-state index in [0.717, 1.165) is 19.3 Å². The molecule has 0 aromatic heterocycles. The van der Waals surface area contributed by atoms with Crippen LogP contribution < -0.4 is 0 Å². The summed E-state index contributed by atoms with van der Waals surface area (Å²) in [6, 6.07) is 19.4. The number of hydrogen-bond acceptors (Lipinski definition) is 2. The minimum absolute atomic E-state index is 0.0358. The van der Waals surface area contributed by atoms with Crippen LogP contribution in [0, 0.1) is 0 Å². The molecule has 0 fully saturated rings. The zero-order chi connectivity index (χ0) is 14.7. The van der Waals surface area contributed by atoms with Crippen molar-refractivity contribution in [1.29, 1.82) is 0 Å². The van der Waals surface area contributed by atoms with Gasteiger partial charge in [0, 0.05) is 11.3 Å². The van der Waals surface area contributed by atoms with Gasteiger partial charge in [-0.2, -0.15) is 0 Å². The van der Waals surface area contributed by atoms with Crippen molar-refractivity contribution >= 4 is 16.8 Å². The lowest BCUT2D eigenvalue weighted by atomic mass is 9.85. The van der Waals surface area contributed by atoms with Crippen LogP contribution in [0.2, 0.25) is 0 Å². The monoisotopic (exact) mass is 295 g/mol. The Labute approximate surface area is 131 Å². The normalized spacial score (nSPS) is 16.2. The van der Waals surface area contributed by atoms with Crippen LogP contribution in [0.4, 0.5) is 0 Å². The first-order valence-electron chi connectivity index (χ1n) is 7.67. The lowest BCUT2D eigenvalue weighted by Crippen LogP contribution is -2.27. The van der Waals surface area contributed by atoms with Gasteiger partial charge in [0.1, 0.15) is 0 Å². The van der Waals surface area contributed by atoms with Gasteiger partial charge in [-0.25, -0.2) is 0 Å². The average molecular weight is 295 g/mol. The zero-order valence-electron chi connectivity index (χ0n) is 12.7. The van der Waals surface area contributed by atoms with E-state index in [1.807, 2.05) is 11.8 Å². The summed E-state index contributed by atoms with van der Waals surface area (Å²) < 4.78 is 0. The molecule has 1 heterocycles. The van der Waals surface area contributed by atoms with Crippen LogP contribution in [0.25, 0.3) is 0 Å². The Balaban J connectivity index is 1.98. The highest BCUT2D eigenvalue weighted by atomic mass is 32.2. The summed E-state index contributed by atoms with van der Waals surface area (Å²) in [5.41, 5.74) is 2.70. The van der Waals surface area contributed by atoms with Gasteiger partial charge in [0.25, 0.3) is 0 Å². The van der Waals surface area contributed by atoms with Crippen LogP contribution in [0.15, 0.2) is 64.5 Å². The number of thioether (sulfide) groups is 1. The van der Waals surface area contributed by atoms with Crippen LogP contribution in [0.3, 0.4) is 0 Å². The molecule has 3 rings (SSSR count). The number of nitrogens with zero attached hydrogens (tertiary/aromatic N) is 1. The van der Waals surface area contributed by atoms with Crippen molar-refractivity contribution in [2.75, 3.05) is 0 Å². The number of rotatable bonds is 4. The molecule has 0 saturated heterocycles. The molecule has 108 valence electrons. The molecule has 0 aliphatic carbocycles. The summed E-state index contributed by atoms with van der Waals surface area (Å²) >= 11 is 1.83. The van der Waals surface area contributed by atoms with E-state index in [0.29, 0.717) is 0 Å². The lowest BCUT2D eigenvalue weighted by Gasteiger charge is -2.34. The third-order valence-electron chi connectivity index (χ3n) is 4.32. The number of hydrogen-bond donors (Lipinski definition) is 0. The topological polar surface area (TPSA) is 12.4 Å². The van der Waals surface area contributed by atoms with E-state index in [1.54, 1.807) is 0 Å². The molecular weight excluding hydrogens is 274 g/mol. The Bertz CT molecular complexity index is 642. The summed E-state index contributed by atoms with van der Waals surface area (Å²) in [5.74, 6) is 0. The Kier molecular flexibility index (Phi) is 4.16. The molecule has 1 nitrogen and oxygen atoms in total. The third-order valence-corrected chi connectivity index (χ3v) is 5.37. The van der Waals surface area contributed by atoms with Crippen molar-refractivity contribution in [3.8, 4) is 0 Å². The minimum atomic E-state index is -0.0358. The lowest BCUT2D eigenvalue weighted by molar-refractivity contribution is 0.408. The van der Waals surface area contributed by atoms with Gasteiger partial charge in [-0.15, -0.1) is 0 Å². The van der Waals surface area contributed by atoms with Crippen LogP contribution in [-0.4, -0.2) is 5.04 Å². The summed E-state index contributed by atoms with van der Waals surface area (Å²) in [7, 11) is 0. The van der Waals surface area contributed by atoms with Crippen molar-refractivity contribution in [2.45, 2.75) is 43.5 Å². The van der Waals surface area contributed by atoms with Crippen LogP contribution >= 0.6 is 11.8 Å². The molecule has 0 saturated carbocycles. The SMILES string of the molecule is CCC1(CC)N=C(Cc2ccccc2)Sc2ccccc21. The Morgan fingerprint density at radius 3 is 2.29 bits per heavy atom. The van der Waals surface area contributed by atoms with E-state index in [-0.39, 0.29) is 5.54 Å². The molecular formula is C19H21NS. The maximum Gasteiger partial charge on any atom is 0.0871 e. The van der Waals surface area contributed by atoms with Crippen LogP contribution in [-0.2, 0) is 12.0 Å². The average Bonchev–Trinajstić information content (AvgIpc) is 2.55. The standard InChI is InChI=1S/C19H21NS/c1-3-19(4-2)16-12-8-9-13-17(16)21-18(20-19)14-15-10-6-5-7-11-15/h5-13H,3-4,14H2,1-2H3. The first-order chi connectivity index (χ1) is 10.3. The molecule has 0 spiro atoms. The second kappa shape index (κ2) is 6.07. The third kappa shape index (κ3) is 2.77. The maximum absolute atomic E-state index is 5.17. The van der Waals surface area contributed by atoms with Gasteiger partial charge in [-0.1, -0.05) is 74.1 Å². The molecule has 2 aromatic rings. The molecule has 0 radical (unpaired) electrons.